The van der Waals surface area contributed by atoms with Gasteiger partial charge in [0.15, 0.2) is 0 Å². The first-order valence-electron chi connectivity index (χ1n) is 10.1. The Morgan fingerprint density at radius 1 is 1.08 bits per heavy atom. The summed E-state index contributed by atoms with van der Waals surface area (Å²) < 4.78 is 17.0. The summed E-state index contributed by atoms with van der Waals surface area (Å²) >= 11 is 0. The van der Waals surface area contributed by atoms with Gasteiger partial charge in [0.25, 0.3) is 0 Å². The van der Waals surface area contributed by atoms with Crippen molar-refractivity contribution in [2.75, 3.05) is 59.7 Å². The normalized spacial score (nSPS) is 19.7. The summed E-state index contributed by atoms with van der Waals surface area (Å²) in [5.74, 6) is 0. The molecular weight excluding hydrogens is 330 g/mol. The number of ether oxygens (including phenoxy) is 3. The lowest BCUT2D eigenvalue weighted by atomic mass is 10.1. The van der Waals surface area contributed by atoms with Gasteiger partial charge in [-0.3, -0.25) is 0 Å². The molecule has 1 N–H and O–H groups in total. The first-order valence-corrected chi connectivity index (χ1v) is 10.1. The smallest absolute Gasteiger partial charge is 0.0704 e. The second-order valence-corrected chi connectivity index (χ2v) is 6.90. The summed E-state index contributed by atoms with van der Waals surface area (Å²) in [6, 6.07) is 0. The highest BCUT2D eigenvalue weighted by molar-refractivity contribution is 5.27. The molecule has 0 amide bonds. The monoisotopic (exact) mass is 367 g/mol. The van der Waals surface area contributed by atoms with Crippen LogP contribution in [-0.2, 0) is 14.2 Å². The van der Waals surface area contributed by atoms with Crippen molar-refractivity contribution in [2.24, 2.45) is 0 Å². The van der Waals surface area contributed by atoms with E-state index >= 15 is 0 Å². The van der Waals surface area contributed by atoms with Crippen LogP contribution in [-0.4, -0.2) is 75.7 Å². The van der Waals surface area contributed by atoms with E-state index in [-0.39, 0.29) is 0 Å². The molecule has 6 nitrogen and oxygen atoms in total. The molecule has 0 saturated carbocycles. The van der Waals surface area contributed by atoms with Crippen molar-refractivity contribution in [3.8, 4) is 0 Å². The number of likely N-dealkylation sites (N-methyl/N-ethyl adjacent to an activating group) is 1. The third-order valence-corrected chi connectivity index (χ3v) is 4.78. The van der Waals surface area contributed by atoms with Gasteiger partial charge in [0.05, 0.1) is 37.3 Å². The minimum Gasteiger partial charge on any atom is -0.382 e. The molecule has 2 aliphatic heterocycles. The van der Waals surface area contributed by atoms with E-state index in [2.05, 4.69) is 41.5 Å². The molecule has 0 aliphatic carbocycles. The fraction of sp³-hybridized carbons (Fsp3) is 0.800. The lowest BCUT2D eigenvalue weighted by Gasteiger charge is -2.34. The number of rotatable bonds is 12. The molecule has 0 aromatic heterocycles. The van der Waals surface area contributed by atoms with Crippen molar-refractivity contribution >= 4 is 0 Å². The fourth-order valence-electron chi connectivity index (χ4n) is 3.41. The largest absolute Gasteiger partial charge is 0.382 e. The van der Waals surface area contributed by atoms with Gasteiger partial charge in [-0.1, -0.05) is 6.08 Å². The maximum absolute atomic E-state index is 6.00. The standard InChI is InChI=1S/C20H37N3O3/c1-4-8-19-20(17-22(3)21-19)23-11-9-18(10-12-23)26-16-15-25-14-7-6-13-24-5-2/h4,8,18,21H,5-7,9-17H2,1-3H3/b8-4-. The molecule has 0 atom stereocenters. The van der Waals surface area contributed by atoms with Crippen molar-refractivity contribution in [2.45, 2.75) is 45.6 Å². The van der Waals surface area contributed by atoms with Crippen LogP contribution in [0.4, 0.5) is 0 Å². The van der Waals surface area contributed by atoms with Gasteiger partial charge in [-0.05, 0) is 45.6 Å². The number of unbranched alkanes of at least 4 members (excludes halogenated alkanes) is 1. The number of hydrogen-bond acceptors (Lipinski definition) is 6. The van der Waals surface area contributed by atoms with Gasteiger partial charge in [-0.15, -0.1) is 0 Å². The van der Waals surface area contributed by atoms with Crippen LogP contribution in [0.3, 0.4) is 0 Å². The van der Waals surface area contributed by atoms with E-state index in [1.54, 1.807) is 0 Å². The Morgan fingerprint density at radius 3 is 2.50 bits per heavy atom. The Morgan fingerprint density at radius 2 is 1.81 bits per heavy atom. The van der Waals surface area contributed by atoms with Crippen LogP contribution in [0.15, 0.2) is 23.5 Å². The van der Waals surface area contributed by atoms with Crippen LogP contribution < -0.4 is 5.43 Å². The minimum absolute atomic E-state index is 0.366. The fourth-order valence-corrected chi connectivity index (χ4v) is 3.41. The maximum atomic E-state index is 6.00. The van der Waals surface area contributed by atoms with Crippen LogP contribution in [0.1, 0.15) is 39.5 Å². The second-order valence-electron chi connectivity index (χ2n) is 6.90. The Hall–Kier alpha value is -1.08. The lowest BCUT2D eigenvalue weighted by molar-refractivity contribution is -0.0197. The molecule has 150 valence electrons. The zero-order chi connectivity index (χ0) is 18.6. The predicted octanol–water partition coefficient (Wildman–Crippen LogP) is 2.54. The van der Waals surface area contributed by atoms with E-state index in [1.165, 1.54) is 11.4 Å². The van der Waals surface area contributed by atoms with E-state index in [4.69, 9.17) is 14.2 Å². The van der Waals surface area contributed by atoms with Gasteiger partial charge in [0.1, 0.15) is 0 Å². The number of hydrazine groups is 1. The molecule has 2 rings (SSSR count). The third kappa shape index (κ3) is 7.27. The van der Waals surface area contributed by atoms with Crippen LogP contribution in [0.5, 0.6) is 0 Å². The molecule has 0 aromatic rings. The van der Waals surface area contributed by atoms with Crippen molar-refractivity contribution in [3.63, 3.8) is 0 Å². The maximum Gasteiger partial charge on any atom is 0.0704 e. The molecule has 2 heterocycles. The third-order valence-electron chi connectivity index (χ3n) is 4.78. The molecule has 0 spiro atoms. The Balaban J connectivity index is 1.55. The van der Waals surface area contributed by atoms with Crippen LogP contribution in [0, 0.1) is 0 Å². The molecule has 26 heavy (non-hydrogen) atoms. The quantitative estimate of drug-likeness (QED) is 0.535. The van der Waals surface area contributed by atoms with E-state index < -0.39 is 0 Å². The topological polar surface area (TPSA) is 46.2 Å². The summed E-state index contributed by atoms with van der Waals surface area (Å²) in [4.78, 5) is 2.50. The number of piperidine rings is 1. The summed E-state index contributed by atoms with van der Waals surface area (Å²) in [5.41, 5.74) is 6.04. The summed E-state index contributed by atoms with van der Waals surface area (Å²) in [5, 5.41) is 2.14. The Bertz CT molecular complexity index is 446. The first-order chi connectivity index (χ1) is 12.7. The van der Waals surface area contributed by atoms with E-state index in [0.717, 1.165) is 65.1 Å². The van der Waals surface area contributed by atoms with Gasteiger partial charge >= 0.3 is 0 Å². The van der Waals surface area contributed by atoms with Gasteiger partial charge in [0, 0.05) is 40.0 Å². The molecule has 0 unspecified atom stereocenters. The Kier molecular flexibility index (Phi) is 10.1. The minimum atomic E-state index is 0.366. The molecular formula is C20H37N3O3. The molecule has 0 aromatic carbocycles. The van der Waals surface area contributed by atoms with E-state index in [0.29, 0.717) is 19.3 Å². The first kappa shape index (κ1) is 21.2. The number of hydrogen-bond donors (Lipinski definition) is 1. The molecule has 1 fully saturated rings. The molecule has 0 radical (unpaired) electrons. The number of nitrogens with zero attached hydrogens (tertiary/aromatic N) is 2. The second kappa shape index (κ2) is 12.3. The van der Waals surface area contributed by atoms with E-state index in [9.17, 15) is 0 Å². The molecule has 0 bridgehead atoms. The van der Waals surface area contributed by atoms with Gasteiger partial charge in [-0.25, -0.2) is 5.01 Å². The number of allylic oxidation sites excluding steroid dienone is 2. The number of nitrogens with one attached hydrogen (secondary N) is 1. The molecule has 6 heteroatoms. The number of likely N-dealkylation sites (tertiary alicyclic amines) is 1. The summed E-state index contributed by atoms with van der Waals surface area (Å²) in [6.45, 7) is 11.0. The summed E-state index contributed by atoms with van der Waals surface area (Å²) in [6.07, 6.45) is 8.93. The molecule has 2 aliphatic rings. The van der Waals surface area contributed by atoms with Gasteiger partial charge < -0.3 is 24.5 Å². The van der Waals surface area contributed by atoms with Crippen molar-refractivity contribution in [3.05, 3.63) is 23.5 Å². The zero-order valence-corrected chi connectivity index (χ0v) is 16.8. The Labute approximate surface area is 159 Å². The van der Waals surface area contributed by atoms with Gasteiger partial charge in [-0.2, -0.15) is 0 Å². The summed E-state index contributed by atoms with van der Waals surface area (Å²) in [7, 11) is 2.09. The average molecular weight is 368 g/mol. The van der Waals surface area contributed by atoms with Crippen LogP contribution in [0.2, 0.25) is 0 Å². The van der Waals surface area contributed by atoms with E-state index in [1.807, 2.05) is 6.92 Å². The highest BCUT2D eigenvalue weighted by atomic mass is 16.5. The average Bonchev–Trinajstić information content (AvgIpc) is 3.01. The molecule has 1 saturated heterocycles. The highest BCUT2D eigenvalue weighted by Crippen LogP contribution is 2.23. The highest BCUT2D eigenvalue weighted by Gasteiger charge is 2.26. The van der Waals surface area contributed by atoms with Crippen molar-refractivity contribution in [1.29, 1.82) is 0 Å². The SMILES string of the molecule is C/C=C\C1=C(N2CCC(OCCOCCCCOCC)CC2)CN(C)N1. The van der Waals surface area contributed by atoms with Crippen molar-refractivity contribution < 1.29 is 14.2 Å². The zero-order valence-electron chi connectivity index (χ0n) is 16.8. The van der Waals surface area contributed by atoms with Gasteiger partial charge in [0.2, 0.25) is 0 Å². The van der Waals surface area contributed by atoms with Crippen LogP contribution in [0.25, 0.3) is 0 Å². The predicted molar refractivity (Wildman–Crippen MR) is 105 cm³/mol. The van der Waals surface area contributed by atoms with Crippen molar-refractivity contribution in [1.82, 2.24) is 15.3 Å². The lowest BCUT2D eigenvalue weighted by Crippen LogP contribution is -2.38. The van der Waals surface area contributed by atoms with Crippen LogP contribution >= 0.6 is 0 Å².